The van der Waals surface area contributed by atoms with Crippen LogP contribution in [0.15, 0.2) is 54.6 Å². The van der Waals surface area contributed by atoms with Crippen molar-refractivity contribution in [2.45, 2.75) is 101 Å². The third-order valence-electron chi connectivity index (χ3n) is 8.74. The molecule has 1 saturated carbocycles. The van der Waals surface area contributed by atoms with E-state index in [-0.39, 0.29) is 10.8 Å². The Morgan fingerprint density at radius 1 is 0.800 bits per heavy atom. The van der Waals surface area contributed by atoms with E-state index in [1.54, 1.807) is 16.7 Å². The quantitative estimate of drug-likeness (QED) is 0.254. The summed E-state index contributed by atoms with van der Waals surface area (Å²) in [6, 6.07) is 12.3. The molecule has 3 aliphatic rings. The van der Waals surface area contributed by atoms with Crippen LogP contribution in [0.5, 0.6) is 0 Å². The van der Waals surface area contributed by atoms with Crippen LogP contribution in [0.2, 0.25) is 3.67 Å². The summed E-state index contributed by atoms with van der Waals surface area (Å²) in [4.78, 5) is 0. The molecule has 35 heavy (non-hydrogen) atoms. The van der Waals surface area contributed by atoms with E-state index in [9.17, 15) is 0 Å². The Labute approximate surface area is 221 Å². The Morgan fingerprint density at radius 2 is 1.46 bits per heavy atom. The SMILES string of the molecule is C[C](C1CCCCC1)=[Hf]([c]1c(C(C)(C)C)ccc2c1Cc1cc(C(C)(C)C)ccc1-2)[CH]1C=CC=C1. The van der Waals surface area contributed by atoms with Crippen LogP contribution < -0.4 is 3.32 Å². The average Bonchev–Trinajstić information content (AvgIpc) is 3.46. The van der Waals surface area contributed by atoms with Gasteiger partial charge in [-0.1, -0.05) is 0 Å². The minimum atomic E-state index is -2.44. The molecule has 184 valence electrons. The molecule has 0 amide bonds. The monoisotopic (exact) mass is 632 g/mol. The first kappa shape index (κ1) is 25.3. The van der Waals surface area contributed by atoms with E-state index in [4.69, 9.17) is 0 Å². The summed E-state index contributed by atoms with van der Waals surface area (Å²) in [6.45, 7) is 17.0. The van der Waals surface area contributed by atoms with Gasteiger partial charge in [0.15, 0.2) is 0 Å². The average molecular weight is 631 g/mol. The van der Waals surface area contributed by atoms with Crippen LogP contribution in [0.25, 0.3) is 11.1 Å². The number of allylic oxidation sites excluding steroid dienone is 4. The first-order valence-corrected chi connectivity index (χ1v) is 19.6. The summed E-state index contributed by atoms with van der Waals surface area (Å²) < 4.78 is 4.49. The number of fused-ring (bicyclic) bond motifs is 3. The molecule has 0 saturated heterocycles. The maximum atomic E-state index is 2.60. The molecular weight excluding hydrogens is 587 g/mol. The Bertz CT molecular complexity index is 1200. The second-order valence-electron chi connectivity index (χ2n) is 13.3. The van der Waals surface area contributed by atoms with Gasteiger partial charge in [0, 0.05) is 0 Å². The summed E-state index contributed by atoms with van der Waals surface area (Å²) in [5.41, 5.74) is 9.75. The molecule has 0 unspecified atom stereocenters. The second-order valence-corrected chi connectivity index (χ2v) is 23.3. The molecule has 0 atom stereocenters. The van der Waals surface area contributed by atoms with Crippen molar-refractivity contribution in [2.24, 2.45) is 5.92 Å². The number of hydrogen-bond donors (Lipinski definition) is 0. The molecule has 2 aromatic rings. The van der Waals surface area contributed by atoms with Crippen molar-refractivity contribution in [3.8, 4) is 11.1 Å². The van der Waals surface area contributed by atoms with E-state index in [2.05, 4.69) is 103 Å². The van der Waals surface area contributed by atoms with Crippen molar-refractivity contribution in [2.75, 3.05) is 0 Å². The van der Waals surface area contributed by atoms with Crippen molar-refractivity contribution < 1.29 is 21.0 Å². The van der Waals surface area contributed by atoms with Crippen LogP contribution in [-0.2, 0) is 38.2 Å². The molecule has 0 radical (unpaired) electrons. The van der Waals surface area contributed by atoms with Crippen LogP contribution in [-0.4, -0.2) is 3.26 Å². The molecule has 0 N–H and O–H groups in total. The minimum absolute atomic E-state index is 0.171. The predicted molar refractivity (Wildman–Crippen MR) is 151 cm³/mol. The molecule has 2 aromatic carbocycles. The normalized spacial score (nSPS) is 19.2. The third-order valence-corrected chi connectivity index (χ3v) is 21.0. The molecule has 0 bridgehead atoms. The fourth-order valence-corrected chi connectivity index (χ4v) is 20.6. The molecule has 0 aliphatic heterocycles. The number of benzene rings is 2. The van der Waals surface area contributed by atoms with Crippen LogP contribution in [0, 0.1) is 5.92 Å². The van der Waals surface area contributed by atoms with E-state index >= 15 is 0 Å². The molecule has 1 fully saturated rings. The van der Waals surface area contributed by atoms with Gasteiger partial charge in [-0.3, -0.25) is 0 Å². The van der Waals surface area contributed by atoms with Gasteiger partial charge in [-0.25, -0.2) is 0 Å². The van der Waals surface area contributed by atoms with Crippen LogP contribution in [0.3, 0.4) is 0 Å². The summed E-state index contributed by atoms with van der Waals surface area (Å²) in [5.74, 6) is 0.855. The molecule has 1 heteroatoms. The molecule has 0 heterocycles. The zero-order valence-corrected chi connectivity index (χ0v) is 26.7. The Hall–Kier alpha value is -1.34. The van der Waals surface area contributed by atoms with Gasteiger partial charge in [-0.15, -0.1) is 0 Å². The summed E-state index contributed by atoms with van der Waals surface area (Å²) >= 11 is -2.44. The maximum absolute atomic E-state index is 2.60. The predicted octanol–water partition coefficient (Wildman–Crippen LogP) is 8.78. The van der Waals surface area contributed by atoms with Gasteiger partial charge in [0.05, 0.1) is 0 Å². The van der Waals surface area contributed by atoms with E-state index in [1.165, 1.54) is 48.8 Å². The summed E-state index contributed by atoms with van der Waals surface area (Å²) in [6.07, 6.45) is 18.0. The van der Waals surface area contributed by atoms with Crippen molar-refractivity contribution in [3.63, 3.8) is 0 Å². The van der Waals surface area contributed by atoms with Gasteiger partial charge in [0.2, 0.25) is 0 Å². The molecule has 0 spiro atoms. The summed E-state index contributed by atoms with van der Waals surface area (Å²) in [7, 11) is 0. The molecule has 0 nitrogen and oxygen atoms in total. The first-order valence-electron chi connectivity index (χ1n) is 13.9. The van der Waals surface area contributed by atoms with Gasteiger partial charge in [-0.2, -0.15) is 0 Å². The summed E-state index contributed by atoms with van der Waals surface area (Å²) in [5, 5.41) is 0. The van der Waals surface area contributed by atoms with E-state index in [0.717, 1.165) is 12.3 Å². The molecule has 0 aromatic heterocycles. The van der Waals surface area contributed by atoms with Gasteiger partial charge in [-0.05, 0) is 0 Å². The Balaban J connectivity index is 1.74. The number of rotatable bonds is 3. The van der Waals surface area contributed by atoms with Crippen molar-refractivity contribution in [3.05, 3.63) is 76.9 Å². The zero-order valence-electron chi connectivity index (χ0n) is 23.1. The van der Waals surface area contributed by atoms with Gasteiger partial charge >= 0.3 is 223 Å². The zero-order chi connectivity index (χ0) is 25.0. The number of hydrogen-bond acceptors (Lipinski definition) is 0. The molecule has 3 aliphatic carbocycles. The first-order chi connectivity index (χ1) is 16.6. The fraction of sp³-hybridized carbons (Fsp3) is 0.500. The van der Waals surface area contributed by atoms with Crippen molar-refractivity contribution in [1.82, 2.24) is 0 Å². The van der Waals surface area contributed by atoms with Gasteiger partial charge in [0.1, 0.15) is 0 Å². The van der Waals surface area contributed by atoms with E-state index in [0.29, 0.717) is 3.67 Å². The van der Waals surface area contributed by atoms with E-state index in [1.807, 2.05) is 6.58 Å². The van der Waals surface area contributed by atoms with Gasteiger partial charge < -0.3 is 0 Å². The van der Waals surface area contributed by atoms with Crippen LogP contribution in [0.4, 0.5) is 0 Å². The third kappa shape index (κ3) is 4.84. The molecule has 5 rings (SSSR count). The van der Waals surface area contributed by atoms with Crippen LogP contribution in [0.1, 0.15) is 103 Å². The Morgan fingerprint density at radius 3 is 2.09 bits per heavy atom. The van der Waals surface area contributed by atoms with E-state index < -0.39 is 21.0 Å². The fourth-order valence-electron chi connectivity index (χ4n) is 6.68. The van der Waals surface area contributed by atoms with Gasteiger partial charge in [0.25, 0.3) is 0 Å². The molecular formula is C34H44Hf. The topological polar surface area (TPSA) is 0 Å². The van der Waals surface area contributed by atoms with Crippen molar-refractivity contribution in [1.29, 1.82) is 0 Å². The van der Waals surface area contributed by atoms with Crippen molar-refractivity contribution >= 4 is 6.58 Å². The standard InChI is InChI=1S/C21H25.C8H14.C5H5.Hf/c1-20(2,3)16-7-9-18-14(12-16)11-15-13-17(21(4,5)6)8-10-19(15)18;1-2-8-6-4-3-5-7-8;1-2-4-5-3-1;/h7-10,12H,11H2,1-6H3;8H,3-7H2,1H3;1-5H;. The van der Waals surface area contributed by atoms with Crippen LogP contribution >= 0.6 is 0 Å². The Kier molecular flexibility index (Phi) is 6.88. The second kappa shape index (κ2) is 9.51.